The van der Waals surface area contributed by atoms with Gasteiger partial charge in [-0.1, -0.05) is 0 Å². The number of aliphatic hydroxyl groups is 4. The second-order valence-electron chi connectivity index (χ2n) is 2.05. The average Bonchev–Trinajstić information content (AvgIpc) is 1.86. The van der Waals surface area contributed by atoms with Crippen LogP contribution in [0, 0.1) is 0 Å². The van der Waals surface area contributed by atoms with Crippen molar-refractivity contribution in [2.45, 2.75) is 18.1 Å². The molecule has 0 aromatic carbocycles. The number of quaternary nitrogens is 1. The van der Waals surface area contributed by atoms with Crippen LogP contribution >= 0.6 is 0 Å². The van der Waals surface area contributed by atoms with E-state index < -0.39 is 18.1 Å². The Balaban J connectivity index is 4.09. The zero-order chi connectivity index (χ0) is 8.36. The molecule has 0 rings (SSSR count). The molecular weight excluding hydrogens is 140 g/mol. The SMILES string of the molecule is NC(C[NH3+])C(O)(O)C(O)O. The van der Waals surface area contributed by atoms with E-state index in [-0.39, 0.29) is 6.54 Å². The molecule has 0 aromatic heterocycles. The van der Waals surface area contributed by atoms with Crippen LogP contribution in [-0.2, 0) is 0 Å². The predicted molar refractivity (Wildman–Crippen MR) is 31.1 cm³/mol. The molecule has 0 saturated carbocycles. The Bertz CT molecular complexity index is 105. The third-order valence-electron chi connectivity index (χ3n) is 1.24. The molecule has 0 heterocycles. The third-order valence-corrected chi connectivity index (χ3v) is 1.24. The molecule has 0 radical (unpaired) electrons. The van der Waals surface area contributed by atoms with Gasteiger partial charge in [0.05, 0.1) is 6.54 Å². The Morgan fingerprint density at radius 2 is 1.80 bits per heavy atom. The van der Waals surface area contributed by atoms with Gasteiger partial charge in [-0.2, -0.15) is 0 Å². The number of aliphatic hydroxyl groups excluding tert-OH is 1. The lowest BCUT2D eigenvalue weighted by Crippen LogP contribution is -2.68. The standard InChI is InChI=1S/C4H12N2O4/c5-1-2(6)4(9,10)3(7)8/h2-3,7-10H,1,5-6H2/p+1. The molecule has 6 heteroatoms. The molecule has 0 fully saturated rings. The van der Waals surface area contributed by atoms with E-state index >= 15 is 0 Å². The summed E-state index contributed by atoms with van der Waals surface area (Å²) in [4.78, 5) is 0. The van der Waals surface area contributed by atoms with Crippen molar-refractivity contribution < 1.29 is 26.2 Å². The lowest BCUT2D eigenvalue weighted by atomic mass is 10.1. The molecule has 9 N–H and O–H groups in total. The second kappa shape index (κ2) is 3.24. The lowest BCUT2D eigenvalue weighted by Gasteiger charge is -2.27. The highest BCUT2D eigenvalue weighted by Crippen LogP contribution is 2.06. The van der Waals surface area contributed by atoms with Gasteiger partial charge in [-0.05, 0) is 0 Å². The van der Waals surface area contributed by atoms with Gasteiger partial charge in [-0.3, -0.25) is 0 Å². The van der Waals surface area contributed by atoms with E-state index in [4.69, 9.17) is 26.2 Å². The van der Waals surface area contributed by atoms with Crippen molar-refractivity contribution in [1.82, 2.24) is 0 Å². The van der Waals surface area contributed by atoms with Crippen LogP contribution in [0.1, 0.15) is 0 Å². The van der Waals surface area contributed by atoms with Crippen molar-refractivity contribution in [1.29, 1.82) is 0 Å². The fraction of sp³-hybridized carbons (Fsp3) is 1.00. The lowest BCUT2D eigenvalue weighted by molar-refractivity contribution is -0.399. The van der Waals surface area contributed by atoms with Crippen LogP contribution < -0.4 is 11.5 Å². The van der Waals surface area contributed by atoms with Crippen LogP contribution in [0.3, 0.4) is 0 Å². The Labute approximate surface area is 57.7 Å². The molecule has 6 nitrogen and oxygen atoms in total. The maximum absolute atomic E-state index is 8.75. The summed E-state index contributed by atoms with van der Waals surface area (Å²) in [6, 6.07) is -1.16. The van der Waals surface area contributed by atoms with Crippen LogP contribution in [0.25, 0.3) is 0 Å². The summed E-state index contributed by atoms with van der Waals surface area (Å²) >= 11 is 0. The summed E-state index contributed by atoms with van der Waals surface area (Å²) < 4.78 is 0. The monoisotopic (exact) mass is 153 g/mol. The minimum Gasteiger partial charge on any atom is -0.364 e. The molecule has 0 aliphatic carbocycles. The molecule has 10 heavy (non-hydrogen) atoms. The van der Waals surface area contributed by atoms with Gasteiger partial charge in [0, 0.05) is 0 Å². The summed E-state index contributed by atoms with van der Waals surface area (Å²) in [7, 11) is 0. The normalized spacial score (nSPS) is 15.9. The largest absolute Gasteiger partial charge is 0.364 e. The van der Waals surface area contributed by atoms with Crippen molar-refractivity contribution in [2.24, 2.45) is 5.73 Å². The number of rotatable bonds is 3. The number of nitrogens with two attached hydrogens (primary N) is 1. The van der Waals surface area contributed by atoms with Gasteiger partial charge in [0.2, 0.25) is 12.1 Å². The fourth-order valence-electron chi connectivity index (χ4n) is 0.404. The molecule has 0 aliphatic heterocycles. The Hall–Kier alpha value is -0.240. The maximum atomic E-state index is 8.75. The van der Waals surface area contributed by atoms with E-state index in [0.29, 0.717) is 0 Å². The van der Waals surface area contributed by atoms with Gasteiger partial charge in [0.25, 0.3) is 0 Å². The van der Waals surface area contributed by atoms with Crippen LogP contribution in [0.15, 0.2) is 0 Å². The van der Waals surface area contributed by atoms with E-state index in [1.807, 2.05) is 0 Å². The Kier molecular flexibility index (Phi) is 3.16. The highest BCUT2D eigenvalue weighted by Gasteiger charge is 2.39. The molecule has 0 aliphatic rings. The minimum absolute atomic E-state index is 0.00458. The van der Waals surface area contributed by atoms with E-state index in [0.717, 1.165) is 0 Å². The first-order valence-electron chi connectivity index (χ1n) is 2.78. The summed E-state index contributed by atoms with van der Waals surface area (Å²) in [5.74, 6) is -2.66. The second-order valence-corrected chi connectivity index (χ2v) is 2.05. The highest BCUT2D eigenvalue weighted by atomic mass is 16.6. The molecular formula is C4H13N2O4+. The van der Waals surface area contributed by atoms with Crippen LogP contribution in [-0.4, -0.2) is 45.1 Å². The molecule has 0 aromatic rings. The van der Waals surface area contributed by atoms with E-state index in [1.54, 1.807) is 0 Å². The first kappa shape index (κ1) is 9.76. The van der Waals surface area contributed by atoms with E-state index in [1.165, 1.54) is 0 Å². The first-order chi connectivity index (χ1) is 4.42. The summed E-state index contributed by atoms with van der Waals surface area (Å²) in [6.07, 6.45) is -2.26. The van der Waals surface area contributed by atoms with Gasteiger partial charge in [-0.25, -0.2) is 0 Å². The maximum Gasteiger partial charge on any atom is 0.236 e. The molecule has 0 spiro atoms. The van der Waals surface area contributed by atoms with Crippen LogP contribution in [0.4, 0.5) is 0 Å². The topological polar surface area (TPSA) is 135 Å². The van der Waals surface area contributed by atoms with Gasteiger partial charge in [0.15, 0.2) is 0 Å². The zero-order valence-corrected chi connectivity index (χ0v) is 5.44. The molecule has 1 unspecified atom stereocenters. The number of hydrogen-bond donors (Lipinski definition) is 6. The minimum atomic E-state index is -2.66. The molecule has 62 valence electrons. The molecule has 0 amide bonds. The summed E-state index contributed by atoms with van der Waals surface area (Å²) in [6.45, 7) is 0.00458. The third kappa shape index (κ3) is 1.87. The van der Waals surface area contributed by atoms with Crippen LogP contribution in [0.5, 0.6) is 0 Å². The van der Waals surface area contributed by atoms with Gasteiger partial charge < -0.3 is 31.9 Å². The van der Waals surface area contributed by atoms with Gasteiger partial charge >= 0.3 is 0 Å². The predicted octanol–water partition coefficient (Wildman–Crippen LogP) is -4.45. The quantitative estimate of drug-likeness (QED) is 0.227. The average molecular weight is 153 g/mol. The van der Waals surface area contributed by atoms with Crippen molar-refractivity contribution in [3.8, 4) is 0 Å². The Morgan fingerprint density at radius 1 is 1.40 bits per heavy atom. The highest BCUT2D eigenvalue weighted by molar-refractivity contribution is 4.79. The number of hydrogen-bond acceptors (Lipinski definition) is 5. The van der Waals surface area contributed by atoms with E-state index in [2.05, 4.69) is 5.73 Å². The summed E-state index contributed by atoms with van der Waals surface area (Å²) in [5.41, 5.74) is 8.34. The summed E-state index contributed by atoms with van der Waals surface area (Å²) in [5, 5.41) is 34.2. The van der Waals surface area contributed by atoms with Crippen molar-refractivity contribution >= 4 is 0 Å². The van der Waals surface area contributed by atoms with Crippen molar-refractivity contribution in [2.75, 3.05) is 6.54 Å². The Morgan fingerprint density at radius 3 is 1.90 bits per heavy atom. The van der Waals surface area contributed by atoms with Crippen LogP contribution in [0.2, 0.25) is 0 Å². The smallest absolute Gasteiger partial charge is 0.236 e. The molecule has 0 bridgehead atoms. The fourth-order valence-corrected chi connectivity index (χ4v) is 0.404. The molecule has 1 atom stereocenters. The van der Waals surface area contributed by atoms with Gasteiger partial charge in [-0.15, -0.1) is 0 Å². The first-order valence-corrected chi connectivity index (χ1v) is 2.78. The van der Waals surface area contributed by atoms with Crippen molar-refractivity contribution in [3.63, 3.8) is 0 Å². The van der Waals surface area contributed by atoms with E-state index in [9.17, 15) is 0 Å². The van der Waals surface area contributed by atoms with Crippen molar-refractivity contribution in [3.05, 3.63) is 0 Å². The molecule has 0 saturated heterocycles. The van der Waals surface area contributed by atoms with Gasteiger partial charge in [0.1, 0.15) is 6.04 Å². The zero-order valence-electron chi connectivity index (χ0n) is 5.44.